The summed E-state index contributed by atoms with van der Waals surface area (Å²) in [6, 6.07) is 7.81. The molecule has 16 N–H and O–H groups in total. The highest BCUT2D eigenvalue weighted by Crippen LogP contribution is 2.66. The van der Waals surface area contributed by atoms with E-state index in [0.717, 1.165) is 29.0 Å². The van der Waals surface area contributed by atoms with Crippen LogP contribution >= 0.6 is 52.9 Å². The van der Waals surface area contributed by atoms with Gasteiger partial charge in [0.15, 0.2) is 17.0 Å². The van der Waals surface area contributed by atoms with Gasteiger partial charge in [0.1, 0.15) is 61.4 Å². The number of fused-ring (bicyclic) bond motifs is 4. The van der Waals surface area contributed by atoms with E-state index < -0.39 is 142 Å². The van der Waals surface area contributed by atoms with Gasteiger partial charge in [-0.2, -0.15) is 25.5 Å². The second-order valence-corrected chi connectivity index (χ2v) is 40.8. The first-order valence-electron chi connectivity index (χ1n) is 38.9. The molecule has 8 heterocycles. The number of anilines is 4. The monoisotopic (exact) mass is 1920 g/mol. The number of rotatable bonds is 46. The fourth-order valence-corrected chi connectivity index (χ4v) is 20.8. The van der Waals surface area contributed by atoms with E-state index in [1.807, 2.05) is 65.0 Å². The molecule has 6 unspecified atom stereocenters. The van der Waals surface area contributed by atoms with E-state index in [4.69, 9.17) is 53.7 Å². The lowest BCUT2D eigenvalue weighted by atomic mass is 9.80. The molecular formula is C72H98N14O32P4S4. The SMILES string of the molecule is CCN1c2ccc(S(=O)(=O)O)cc2C(C)(C)C1/C=C/C=C/C=C1/N(CCCCCC(=O)NC(CSSCCCOC(=O)Nc2ncnc3c2ncn3[C@H]2CC(O)[C@@H](COP(=O)(O)OP(=O)(O)OP(=O)(O)O)O2)C(=O)NCCOCCOCCOCC(=O)NCC#Cc2cn([C@H]3CC(O)[C@@H](COP(=O)(O)O)O3)c3ncnc(N)c23)c2ccc(S(=O)(=O)O)cc2C1(C)C. The van der Waals surface area contributed by atoms with Gasteiger partial charge in [-0.3, -0.25) is 42.4 Å². The van der Waals surface area contributed by atoms with Crippen molar-refractivity contribution in [2.45, 2.75) is 149 Å². The van der Waals surface area contributed by atoms with Gasteiger partial charge in [0.2, 0.25) is 17.7 Å². The fourth-order valence-electron chi connectivity index (χ4n) is 14.2. The van der Waals surface area contributed by atoms with E-state index in [1.165, 1.54) is 63.1 Å². The number of benzene rings is 2. The highest BCUT2D eigenvalue weighted by atomic mass is 33.1. The molecule has 54 heteroatoms. The number of phosphoric ester groups is 2. The summed E-state index contributed by atoms with van der Waals surface area (Å²) in [4.78, 5) is 133. The molecule has 4 amide bonds. The van der Waals surface area contributed by atoms with Gasteiger partial charge in [0, 0.05) is 84.5 Å². The number of nitrogens with zero attached hydrogens (tertiary/aromatic N) is 9. The molecule has 6 aromatic rings. The third-order valence-electron chi connectivity index (χ3n) is 20.1. The highest BCUT2D eigenvalue weighted by molar-refractivity contribution is 8.76. The van der Waals surface area contributed by atoms with Crippen molar-refractivity contribution in [1.82, 2.24) is 50.0 Å². The Bertz CT molecular complexity index is 5510. The quantitative estimate of drug-likeness (QED) is 0.00592. The van der Waals surface area contributed by atoms with E-state index in [0.29, 0.717) is 66.7 Å². The molecule has 10 rings (SSSR count). The summed E-state index contributed by atoms with van der Waals surface area (Å²) in [6.45, 7) is 9.45. The van der Waals surface area contributed by atoms with Gasteiger partial charge in [-0.25, -0.2) is 48.0 Å². The third kappa shape index (κ3) is 27.7. The Kier molecular flexibility index (Phi) is 34.9. The number of unbranched alkanes of at least 4 members (excludes halogenated alkanes) is 2. The van der Waals surface area contributed by atoms with Gasteiger partial charge in [-0.1, -0.05) is 91.8 Å². The number of carbonyl (C=O) groups is 4. The maximum atomic E-state index is 13.9. The average Bonchev–Trinajstić information content (AvgIpc) is 1.59. The highest BCUT2D eigenvalue weighted by Gasteiger charge is 2.47. The van der Waals surface area contributed by atoms with Crippen molar-refractivity contribution < 1.29 is 149 Å². The van der Waals surface area contributed by atoms with Gasteiger partial charge in [-0.05, 0) is 79.8 Å². The summed E-state index contributed by atoms with van der Waals surface area (Å²) < 4.78 is 168. The zero-order valence-electron chi connectivity index (χ0n) is 68.3. The predicted molar refractivity (Wildman–Crippen MR) is 453 cm³/mol. The summed E-state index contributed by atoms with van der Waals surface area (Å²) in [7, 11) is -28.2. The van der Waals surface area contributed by atoms with E-state index in [9.17, 15) is 83.4 Å². The van der Waals surface area contributed by atoms with E-state index in [-0.39, 0.29) is 123 Å². The number of nitrogen functional groups attached to an aromatic ring is 1. The van der Waals surface area contributed by atoms with Crippen LogP contribution in [0.15, 0.2) is 107 Å². The Morgan fingerprint density at radius 2 is 1.35 bits per heavy atom. The van der Waals surface area contributed by atoms with Crippen LogP contribution in [0.5, 0.6) is 0 Å². The van der Waals surface area contributed by atoms with Crippen LogP contribution in [-0.4, -0.2) is 257 Å². The summed E-state index contributed by atoms with van der Waals surface area (Å²) in [5, 5.41) is 32.4. The molecule has 0 bridgehead atoms. The van der Waals surface area contributed by atoms with Gasteiger partial charge < -0.3 is 104 Å². The maximum Gasteiger partial charge on any atom is 0.490 e. The Labute approximate surface area is 730 Å². The lowest BCUT2D eigenvalue weighted by Crippen LogP contribution is -2.48. The summed E-state index contributed by atoms with van der Waals surface area (Å²) in [5.41, 5.74) is 9.50. The molecule has 4 aromatic heterocycles. The molecule has 692 valence electrons. The Hall–Kier alpha value is -7.77. The van der Waals surface area contributed by atoms with Crippen LogP contribution in [0.4, 0.5) is 27.8 Å². The van der Waals surface area contributed by atoms with Crippen LogP contribution in [0.2, 0.25) is 0 Å². The van der Waals surface area contributed by atoms with Crippen LogP contribution in [0.1, 0.15) is 109 Å². The standard InChI is InChI=1S/C72H98N14O32P4S4/c1-6-83-51-21-19-46(125(103,104)105)33-48(51)71(2,3)57(83)16-9-7-10-17-58-72(4,5)49-34-47(126(106,107)108)20-22-52(49)84(58)25-12-8-11-18-59(89)81-50(41-124-123-32-14-26-112-70(92)82-66-64-68(79-43-77-66)86(44-80-64)62-36-54(88)56(116-62)39-114-121(99,100)118-122(101,102)117-120(96,97)98)69(91)75-24-27-109-28-29-110-30-31-111-40-60(90)74-23-13-15-45-37-85(67-63(45)65(73)76-42-78-67)61-35-53(87)55(115-61)38-113-119(93,94)95/h7,9-10,16-17,19-22,33-34,37,42-44,50,53-57,61-62,87-88H,6,8,11-12,14,18,23-32,35-36,38-41H2,1-5H3,(H,74,90)(H,75,91)(H,81,89)(H,99,100)(H,101,102)(H2,73,76,78)(H2,93,94,95)(H2,96,97,98)(H,103,104,105)(H,106,107,108)(H,77,79,82,92)/b10-7+,16-9+,58-17+/t50?,53?,54?,55-,56-,57?,61-,62-/m1/s1. The molecule has 10 atom stereocenters. The molecule has 2 aromatic carbocycles. The molecule has 4 aliphatic rings. The molecule has 126 heavy (non-hydrogen) atoms. The predicted octanol–water partition coefficient (Wildman–Crippen LogP) is 5.08. The number of aromatic nitrogens is 7. The van der Waals surface area contributed by atoms with Crippen LogP contribution < -0.4 is 36.8 Å². The second kappa shape index (κ2) is 43.8. The molecule has 0 radical (unpaired) electrons. The molecule has 2 fully saturated rings. The number of nitrogens with two attached hydrogens (primary N) is 1. The van der Waals surface area contributed by atoms with E-state index in [2.05, 4.69) is 85.5 Å². The van der Waals surface area contributed by atoms with Crippen LogP contribution in [-0.2, 0) is 110 Å². The Balaban J connectivity index is 0.680. The lowest BCUT2D eigenvalue weighted by molar-refractivity contribution is -0.128. The van der Waals surface area contributed by atoms with E-state index >= 15 is 0 Å². The van der Waals surface area contributed by atoms with Gasteiger partial charge in [0.25, 0.3) is 20.2 Å². The van der Waals surface area contributed by atoms with Gasteiger partial charge >= 0.3 is 37.4 Å². The Morgan fingerprint density at radius 3 is 2.02 bits per heavy atom. The van der Waals surface area contributed by atoms with Crippen molar-refractivity contribution in [1.29, 1.82) is 0 Å². The zero-order valence-corrected chi connectivity index (χ0v) is 75.2. The minimum Gasteiger partial charge on any atom is -0.449 e. The summed E-state index contributed by atoms with van der Waals surface area (Å²) >= 11 is 0. The lowest BCUT2D eigenvalue weighted by Gasteiger charge is -2.31. The first-order valence-corrected chi connectivity index (χ1v) is 50.3. The molecule has 0 aliphatic carbocycles. The molecular weight excluding hydrogens is 1830 g/mol. The zero-order chi connectivity index (χ0) is 91.7. The number of phosphoric acid groups is 4. The Morgan fingerprint density at radius 1 is 0.706 bits per heavy atom. The number of carbonyl (C=O) groups excluding carboxylic acids is 4. The maximum absolute atomic E-state index is 13.9. The molecule has 0 saturated carbocycles. The molecule has 46 nitrogen and oxygen atoms in total. The summed E-state index contributed by atoms with van der Waals surface area (Å²) in [5.74, 6) is 4.89. The van der Waals surface area contributed by atoms with Crippen molar-refractivity contribution in [3.8, 4) is 11.8 Å². The molecule has 4 aliphatic heterocycles. The van der Waals surface area contributed by atoms with Crippen LogP contribution in [0.3, 0.4) is 0 Å². The normalized spacial score (nSPS) is 20.9. The number of amides is 4. The number of likely N-dealkylation sites (N-methyl/N-ethyl adjacent to an activating group) is 1. The van der Waals surface area contributed by atoms with Crippen molar-refractivity contribution in [2.24, 2.45) is 0 Å². The number of imidazole rings is 1. The fraction of sp³-hybridized carbons (Fsp3) is 0.514. The number of aliphatic hydroxyl groups excluding tert-OH is 2. The van der Waals surface area contributed by atoms with Crippen molar-refractivity contribution in [3.05, 3.63) is 114 Å². The molecule has 2 saturated heterocycles. The van der Waals surface area contributed by atoms with Gasteiger partial charge in [-0.15, -0.1) is 0 Å². The summed E-state index contributed by atoms with van der Waals surface area (Å²) in [6.07, 6.45) is 8.67. The molecule has 0 spiro atoms. The smallest absolute Gasteiger partial charge is 0.449 e. The number of nitrogens with one attached hydrogen (secondary N) is 4. The van der Waals surface area contributed by atoms with Crippen molar-refractivity contribution in [3.63, 3.8) is 0 Å². The average molecular weight is 1920 g/mol. The number of ether oxygens (including phenoxy) is 6. The third-order valence-corrected chi connectivity index (χ3v) is 28.6. The minimum absolute atomic E-state index is 0.0290. The largest absolute Gasteiger partial charge is 0.490 e. The van der Waals surface area contributed by atoms with Crippen molar-refractivity contribution in [2.75, 3.05) is 118 Å². The number of hydrogen-bond donors (Lipinski definition) is 15. The van der Waals surface area contributed by atoms with Crippen molar-refractivity contribution >= 4 is 142 Å². The van der Waals surface area contributed by atoms with E-state index in [1.54, 1.807) is 22.9 Å². The topological polar surface area (TPSA) is 654 Å². The van der Waals surface area contributed by atoms with Gasteiger partial charge in [0.05, 0.1) is 105 Å². The first-order chi connectivity index (χ1) is 59.3. The first kappa shape index (κ1) is 100. The van der Waals surface area contributed by atoms with Crippen LogP contribution in [0, 0.1) is 11.8 Å². The number of hydrogen-bond acceptors (Lipinski definition) is 34. The van der Waals surface area contributed by atoms with Crippen LogP contribution in [0.25, 0.3) is 22.2 Å². The second-order valence-electron chi connectivity index (χ2n) is 29.6. The number of aliphatic hydroxyl groups is 2. The number of allylic oxidation sites excluding steroid dienone is 5. The minimum atomic E-state index is -5.82.